The van der Waals surface area contributed by atoms with Gasteiger partial charge in [-0.25, -0.2) is 0 Å². The SMILES string of the molecule is COc1ccc(CN2C(=O)C(=O)/C(=C(/O)c3cc(Cl)c(OC)c(Cl)c3OC)C2c2ccc(C(C)C)cc2)cc1. The maximum absolute atomic E-state index is 13.5. The van der Waals surface area contributed by atoms with Crippen LogP contribution in [0, 0.1) is 0 Å². The van der Waals surface area contributed by atoms with Gasteiger partial charge in [0.2, 0.25) is 0 Å². The molecule has 4 rings (SSSR count). The Labute approximate surface area is 237 Å². The minimum Gasteiger partial charge on any atom is -0.507 e. The second-order valence-corrected chi connectivity index (χ2v) is 10.2. The van der Waals surface area contributed by atoms with Gasteiger partial charge >= 0.3 is 0 Å². The first-order valence-electron chi connectivity index (χ1n) is 12.2. The fraction of sp³-hybridized carbons (Fsp3) is 0.267. The highest BCUT2D eigenvalue weighted by atomic mass is 35.5. The third-order valence-corrected chi connectivity index (χ3v) is 7.39. The fourth-order valence-corrected chi connectivity index (χ4v) is 5.36. The lowest BCUT2D eigenvalue weighted by Gasteiger charge is -2.26. The molecule has 0 aliphatic carbocycles. The monoisotopic (exact) mass is 569 g/mol. The van der Waals surface area contributed by atoms with Gasteiger partial charge in [0.05, 0.1) is 43.5 Å². The molecule has 9 heteroatoms. The molecule has 1 unspecified atom stereocenters. The summed E-state index contributed by atoms with van der Waals surface area (Å²) in [5, 5.41) is 11.7. The molecule has 1 atom stereocenters. The van der Waals surface area contributed by atoms with E-state index in [1.54, 1.807) is 19.2 Å². The van der Waals surface area contributed by atoms with Crippen molar-refractivity contribution in [1.29, 1.82) is 0 Å². The molecule has 204 valence electrons. The summed E-state index contributed by atoms with van der Waals surface area (Å²) in [5.74, 6) is -0.844. The van der Waals surface area contributed by atoms with Gasteiger partial charge in [0, 0.05) is 6.54 Å². The fourth-order valence-electron chi connectivity index (χ4n) is 4.67. The summed E-state index contributed by atoms with van der Waals surface area (Å²) in [6.45, 7) is 4.28. The Kier molecular flexibility index (Phi) is 8.42. The lowest BCUT2D eigenvalue weighted by Crippen LogP contribution is -2.29. The van der Waals surface area contributed by atoms with Crippen LogP contribution in [-0.4, -0.2) is 43.0 Å². The van der Waals surface area contributed by atoms with E-state index in [4.69, 9.17) is 37.4 Å². The molecule has 0 bridgehead atoms. The summed E-state index contributed by atoms with van der Waals surface area (Å²) in [7, 11) is 4.34. The van der Waals surface area contributed by atoms with Crippen molar-refractivity contribution in [3.63, 3.8) is 0 Å². The summed E-state index contributed by atoms with van der Waals surface area (Å²) >= 11 is 12.8. The van der Waals surface area contributed by atoms with Crippen LogP contribution in [0.3, 0.4) is 0 Å². The first kappa shape index (κ1) is 28.3. The van der Waals surface area contributed by atoms with Crippen LogP contribution in [-0.2, 0) is 16.1 Å². The first-order valence-corrected chi connectivity index (χ1v) is 13.0. The molecular formula is C30H29Cl2NO6. The molecule has 0 saturated carbocycles. The van der Waals surface area contributed by atoms with Crippen molar-refractivity contribution < 1.29 is 28.9 Å². The number of ketones is 1. The molecule has 0 radical (unpaired) electrons. The molecule has 3 aromatic rings. The van der Waals surface area contributed by atoms with Crippen LogP contribution in [0.5, 0.6) is 17.2 Å². The smallest absolute Gasteiger partial charge is 0.295 e. The van der Waals surface area contributed by atoms with E-state index >= 15 is 0 Å². The molecule has 1 N–H and O–H groups in total. The zero-order chi connectivity index (χ0) is 28.4. The van der Waals surface area contributed by atoms with E-state index in [1.807, 2.05) is 36.4 Å². The first-order chi connectivity index (χ1) is 18.6. The van der Waals surface area contributed by atoms with Crippen LogP contribution in [0.15, 0.2) is 60.2 Å². The number of Topliss-reactive ketones (excluding diaryl/α,β-unsaturated/α-hetero) is 1. The Morgan fingerprint density at radius 1 is 0.923 bits per heavy atom. The predicted octanol–water partition coefficient (Wildman–Crippen LogP) is 6.76. The highest BCUT2D eigenvalue weighted by Gasteiger charge is 2.46. The molecule has 1 heterocycles. The number of carbonyl (C=O) groups is 2. The Morgan fingerprint density at radius 2 is 1.54 bits per heavy atom. The number of aliphatic hydroxyl groups excluding tert-OH is 1. The van der Waals surface area contributed by atoms with Crippen LogP contribution in [0.2, 0.25) is 10.0 Å². The van der Waals surface area contributed by atoms with Crippen molar-refractivity contribution in [3.8, 4) is 17.2 Å². The van der Waals surface area contributed by atoms with Gasteiger partial charge in [-0.05, 0) is 40.8 Å². The minimum atomic E-state index is -0.877. The summed E-state index contributed by atoms with van der Waals surface area (Å²) in [4.78, 5) is 28.4. The Morgan fingerprint density at radius 3 is 2.08 bits per heavy atom. The number of carbonyl (C=O) groups excluding carboxylic acids is 2. The highest BCUT2D eigenvalue weighted by molar-refractivity contribution is 6.47. The van der Waals surface area contributed by atoms with Gasteiger partial charge in [-0.1, -0.05) is 73.4 Å². The van der Waals surface area contributed by atoms with E-state index < -0.39 is 23.5 Å². The zero-order valence-electron chi connectivity index (χ0n) is 22.2. The van der Waals surface area contributed by atoms with Crippen molar-refractivity contribution in [2.45, 2.75) is 32.4 Å². The number of nitrogens with zero attached hydrogens (tertiary/aromatic N) is 1. The second kappa shape index (κ2) is 11.6. The number of rotatable bonds is 8. The van der Waals surface area contributed by atoms with E-state index in [2.05, 4.69) is 13.8 Å². The van der Waals surface area contributed by atoms with Crippen molar-refractivity contribution in [2.75, 3.05) is 21.3 Å². The van der Waals surface area contributed by atoms with Crippen molar-refractivity contribution in [1.82, 2.24) is 4.90 Å². The van der Waals surface area contributed by atoms with Gasteiger partial charge in [-0.15, -0.1) is 0 Å². The van der Waals surface area contributed by atoms with E-state index in [1.165, 1.54) is 25.2 Å². The molecule has 1 aliphatic heterocycles. The largest absolute Gasteiger partial charge is 0.507 e. The number of hydrogen-bond donors (Lipinski definition) is 1. The Hall–Kier alpha value is -3.68. The molecule has 1 amide bonds. The quantitative estimate of drug-likeness (QED) is 0.183. The molecule has 1 aliphatic rings. The summed E-state index contributed by atoms with van der Waals surface area (Å²) < 4.78 is 16.0. The molecule has 3 aromatic carbocycles. The van der Waals surface area contributed by atoms with Gasteiger partial charge in [-0.2, -0.15) is 0 Å². The number of ether oxygens (including phenoxy) is 3. The topological polar surface area (TPSA) is 85.3 Å². The van der Waals surface area contributed by atoms with Gasteiger partial charge in [0.15, 0.2) is 11.5 Å². The van der Waals surface area contributed by atoms with E-state index in [0.717, 1.165) is 11.1 Å². The van der Waals surface area contributed by atoms with Gasteiger partial charge in [-0.3, -0.25) is 9.59 Å². The maximum Gasteiger partial charge on any atom is 0.295 e. The number of aliphatic hydroxyl groups is 1. The minimum absolute atomic E-state index is 0.0272. The normalized spacial score (nSPS) is 16.6. The van der Waals surface area contributed by atoms with Crippen LogP contribution in [0.4, 0.5) is 0 Å². The number of amides is 1. The number of hydrogen-bond acceptors (Lipinski definition) is 6. The number of methoxy groups -OCH3 is 3. The lowest BCUT2D eigenvalue weighted by atomic mass is 9.93. The van der Waals surface area contributed by atoms with Gasteiger partial charge in [0.25, 0.3) is 11.7 Å². The third-order valence-electron chi connectivity index (χ3n) is 6.77. The molecule has 0 spiro atoms. The average Bonchev–Trinajstić information content (AvgIpc) is 3.18. The van der Waals surface area contributed by atoms with E-state index in [9.17, 15) is 14.7 Å². The van der Waals surface area contributed by atoms with Crippen LogP contribution in [0.1, 0.15) is 48.1 Å². The molecule has 0 aromatic heterocycles. The molecule has 39 heavy (non-hydrogen) atoms. The average molecular weight is 570 g/mol. The Bertz CT molecular complexity index is 1430. The maximum atomic E-state index is 13.5. The summed E-state index contributed by atoms with van der Waals surface area (Å²) in [6, 6.07) is 15.4. The highest BCUT2D eigenvalue weighted by Crippen LogP contribution is 2.47. The second-order valence-electron chi connectivity index (χ2n) is 9.38. The van der Waals surface area contributed by atoms with E-state index in [0.29, 0.717) is 11.3 Å². The van der Waals surface area contributed by atoms with Crippen molar-refractivity contribution >= 4 is 40.7 Å². The lowest BCUT2D eigenvalue weighted by molar-refractivity contribution is -0.140. The Balaban J connectivity index is 1.91. The van der Waals surface area contributed by atoms with Gasteiger partial charge < -0.3 is 24.2 Å². The standard InChI is InChI=1S/C30H29Cl2NO6/c1-16(2)18-8-10-19(11-9-18)25-23(26(34)21-14-22(31)29(39-5)24(32)28(21)38-4)27(35)30(36)33(25)15-17-6-12-20(37-3)13-7-17/h6-14,16,25,34H,15H2,1-5H3/b26-23+. The number of halogens is 2. The van der Waals surface area contributed by atoms with Crippen molar-refractivity contribution in [3.05, 3.63) is 92.5 Å². The summed E-state index contributed by atoms with van der Waals surface area (Å²) in [6.07, 6.45) is 0. The molecule has 7 nitrogen and oxygen atoms in total. The molecular weight excluding hydrogens is 541 g/mol. The van der Waals surface area contributed by atoms with Crippen LogP contribution >= 0.6 is 23.2 Å². The summed E-state index contributed by atoms with van der Waals surface area (Å²) in [5.41, 5.74) is 2.52. The predicted molar refractivity (Wildman–Crippen MR) is 151 cm³/mol. The van der Waals surface area contributed by atoms with Crippen molar-refractivity contribution in [2.24, 2.45) is 0 Å². The number of benzene rings is 3. The number of likely N-dealkylation sites (tertiary alicyclic amines) is 1. The van der Waals surface area contributed by atoms with Crippen LogP contribution < -0.4 is 14.2 Å². The van der Waals surface area contributed by atoms with Gasteiger partial charge in [0.1, 0.15) is 16.5 Å². The zero-order valence-corrected chi connectivity index (χ0v) is 23.8. The molecule has 1 fully saturated rings. The van der Waals surface area contributed by atoms with Crippen LogP contribution in [0.25, 0.3) is 5.76 Å². The molecule has 1 saturated heterocycles. The van der Waals surface area contributed by atoms with E-state index in [-0.39, 0.29) is 45.1 Å². The third kappa shape index (κ3) is 5.29.